The highest BCUT2D eigenvalue weighted by Gasteiger charge is 2.30. The van der Waals surface area contributed by atoms with Gasteiger partial charge >= 0.3 is 0 Å². The van der Waals surface area contributed by atoms with Crippen molar-refractivity contribution < 1.29 is 9.59 Å². The molecule has 2 saturated heterocycles. The van der Waals surface area contributed by atoms with Crippen molar-refractivity contribution in [3.05, 3.63) is 0 Å². The van der Waals surface area contributed by atoms with Crippen LogP contribution in [-0.2, 0) is 9.59 Å². The highest BCUT2D eigenvalue weighted by atomic mass is 16.2. The maximum atomic E-state index is 12.4. The Bertz CT molecular complexity index is 353. The van der Waals surface area contributed by atoms with Crippen molar-refractivity contribution in [1.29, 1.82) is 0 Å². The number of hydrogen-bond donors (Lipinski definition) is 2. The summed E-state index contributed by atoms with van der Waals surface area (Å²) >= 11 is 0. The van der Waals surface area contributed by atoms with Gasteiger partial charge in [0, 0.05) is 26.2 Å². The summed E-state index contributed by atoms with van der Waals surface area (Å²) in [5.41, 5.74) is 0. The first-order chi connectivity index (χ1) is 10.1. The van der Waals surface area contributed by atoms with Crippen molar-refractivity contribution in [2.24, 2.45) is 5.92 Å². The van der Waals surface area contributed by atoms with E-state index in [0.717, 1.165) is 45.6 Å². The van der Waals surface area contributed by atoms with E-state index in [2.05, 4.69) is 29.4 Å². The Kier molecular flexibility index (Phi) is 5.99. The van der Waals surface area contributed by atoms with Crippen LogP contribution in [0.25, 0.3) is 0 Å². The van der Waals surface area contributed by atoms with Crippen LogP contribution in [0.1, 0.15) is 26.7 Å². The van der Waals surface area contributed by atoms with Crippen LogP contribution in [0.5, 0.6) is 0 Å². The van der Waals surface area contributed by atoms with Crippen LogP contribution in [0.2, 0.25) is 0 Å². The summed E-state index contributed by atoms with van der Waals surface area (Å²) in [5, 5.41) is 5.76. The van der Waals surface area contributed by atoms with Gasteiger partial charge in [0.2, 0.25) is 11.8 Å². The molecule has 0 radical (unpaired) electrons. The molecule has 2 amide bonds. The van der Waals surface area contributed by atoms with E-state index in [1.54, 1.807) is 0 Å². The van der Waals surface area contributed by atoms with E-state index in [1.807, 2.05) is 4.90 Å². The Morgan fingerprint density at radius 1 is 1.29 bits per heavy atom. The van der Waals surface area contributed by atoms with Crippen LogP contribution in [0.3, 0.4) is 0 Å². The van der Waals surface area contributed by atoms with Gasteiger partial charge in [-0.2, -0.15) is 0 Å². The normalized spacial score (nSPS) is 24.2. The summed E-state index contributed by atoms with van der Waals surface area (Å²) in [6, 6.07) is -0.248. The predicted molar refractivity (Wildman–Crippen MR) is 81.9 cm³/mol. The van der Waals surface area contributed by atoms with E-state index in [0.29, 0.717) is 12.5 Å². The van der Waals surface area contributed by atoms with E-state index in [4.69, 9.17) is 0 Å². The lowest BCUT2D eigenvalue weighted by Crippen LogP contribution is -2.59. The molecule has 0 aromatic carbocycles. The lowest BCUT2D eigenvalue weighted by atomic mass is 9.95. The number of piperazine rings is 1. The van der Waals surface area contributed by atoms with Gasteiger partial charge in [-0.25, -0.2) is 0 Å². The monoisotopic (exact) mass is 296 g/mol. The second kappa shape index (κ2) is 7.75. The average Bonchev–Trinajstić information content (AvgIpc) is 2.53. The zero-order chi connectivity index (χ0) is 15.2. The summed E-state index contributed by atoms with van der Waals surface area (Å²) in [6.07, 6.45) is 2.17. The molecule has 2 heterocycles. The minimum atomic E-state index is -0.248. The van der Waals surface area contributed by atoms with Gasteiger partial charge < -0.3 is 15.1 Å². The Labute approximate surface area is 127 Å². The molecule has 0 saturated carbocycles. The highest BCUT2D eigenvalue weighted by molar-refractivity contribution is 5.86. The molecule has 6 nitrogen and oxygen atoms in total. The van der Waals surface area contributed by atoms with E-state index in [1.165, 1.54) is 0 Å². The SMILES string of the molecule is CCN(CC)CC1CCN(C(=O)C2CNC(=O)CN2)CC1. The summed E-state index contributed by atoms with van der Waals surface area (Å²) in [4.78, 5) is 27.9. The summed E-state index contributed by atoms with van der Waals surface area (Å²) in [5.74, 6) is 0.807. The number of likely N-dealkylation sites (tertiary alicyclic amines) is 1. The van der Waals surface area contributed by atoms with Gasteiger partial charge in [-0.1, -0.05) is 13.8 Å². The molecule has 0 spiro atoms. The molecule has 2 N–H and O–H groups in total. The van der Waals surface area contributed by atoms with Gasteiger partial charge in [-0.05, 0) is 31.8 Å². The van der Waals surface area contributed by atoms with Crippen LogP contribution in [-0.4, -0.2) is 73.5 Å². The minimum Gasteiger partial charge on any atom is -0.353 e. The molecule has 0 aliphatic carbocycles. The number of carbonyl (C=O) groups excluding carboxylic acids is 2. The molecular formula is C15H28N4O2. The molecule has 0 aromatic rings. The molecule has 21 heavy (non-hydrogen) atoms. The van der Waals surface area contributed by atoms with Crippen molar-refractivity contribution in [2.75, 3.05) is 45.8 Å². The first-order valence-corrected chi connectivity index (χ1v) is 8.15. The molecule has 2 aliphatic heterocycles. The van der Waals surface area contributed by atoms with E-state index in [-0.39, 0.29) is 24.4 Å². The highest BCUT2D eigenvalue weighted by Crippen LogP contribution is 2.19. The minimum absolute atomic E-state index is 0.0306. The van der Waals surface area contributed by atoms with Crippen LogP contribution >= 0.6 is 0 Å². The molecule has 6 heteroatoms. The predicted octanol–water partition coefficient (Wildman–Crippen LogP) is -0.345. The van der Waals surface area contributed by atoms with E-state index in [9.17, 15) is 9.59 Å². The van der Waals surface area contributed by atoms with Crippen molar-refractivity contribution in [1.82, 2.24) is 20.4 Å². The number of piperidine rings is 1. The fraction of sp³-hybridized carbons (Fsp3) is 0.867. The molecule has 0 bridgehead atoms. The van der Waals surface area contributed by atoms with E-state index >= 15 is 0 Å². The van der Waals surface area contributed by atoms with Crippen LogP contribution < -0.4 is 10.6 Å². The van der Waals surface area contributed by atoms with Gasteiger partial charge in [0.1, 0.15) is 6.04 Å². The standard InChI is InChI=1S/C15H28N4O2/c1-3-18(4-2)11-12-5-7-19(8-6-12)15(21)13-9-17-14(20)10-16-13/h12-13,16H,3-11H2,1-2H3,(H,17,20). The quantitative estimate of drug-likeness (QED) is 0.728. The van der Waals surface area contributed by atoms with Crippen LogP contribution in [0.15, 0.2) is 0 Å². The van der Waals surface area contributed by atoms with Crippen molar-refractivity contribution in [2.45, 2.75) is 32.7 Å². The molecular weight excluding hydrogens is 268 g/mol. The number of nitrogens with zero attached hydrogens (tertiary/aromatic N) is 2. The first-order valence-electron chi connectivity index (χ1n) is 8.15. The fourth-order valence-corrected chi connectivity index (χ4v) is 3.14. The number of carbonyl (C=O) groups is 2. The van der Waals surface area contributed by atoms with Gasteiger partial charge in [0.15, 0.2) is 0 Å². The number of nitrogens with one attached hydrogen (secondary N) is 2. The summed E-state index contributed by atoms with van der Waals surface area (Å²) < 4.78 is 0. The Balaban J connectivity index is 1.75. The second-order valence-electron chi connectivity index (χ2n) is 5.99. The number of hydrogen-bond acceptors (Lipinski definition) is 4. The lowest BCUT2D eigenvalue weighted by molar-refractivity contribution is -0.136. The number of amides is 2. The van der Waals surface area contributed by atoms with Crippen molar-refractivity contribution >= 4 is 11.8 Å². The van der Waals surface area contributed by atoms with Gasteiger partial charge in [-0.15, -0.1) is 0 Å². The Hall–Kier alpha value is -1.14. The summed E-state index contributed by atoms with van der Waals surface area (Å²) in [7, 11) is 0. The Morgan fingerprint density at radius 2 is 1.95 bits per heavy atom. The van der Waals surface area contributed by atoms with Gasteiger partial charge in [0.25, 0.3) is 0 Å². The molecule has 0 aromatic heterocycles. The first kappa shape index (κ1) is 16.2. The van der Waals surface area contributed by atoms with Crippen molar-refractivity contribution in [3.8, 4) is 0 Å². The number of rotatable bonds is 5. The maximum Gasteiger partial charge on any atom is 0.241 e. The molecule has 2 fully saturated rings. The average molecular weight is 296 g/mol. The van der Waals surface area contributed by atoms with Crippen LogP contribution in [0, 0.1) is 5.92 Å². The Morgan fingerprint density at radius 3 is 2.48 bits per heavy atom. The van der Waals surface area contributed by atoms with Crippen molar-refractivity contribution in [3.63, 3.8) is 0 Å². The summed E-state index contributed by atoms with van der Waals surface area (Å²) in [6.45, 7) is 10.1. The largest absolute Gasteiger partial charge is 0.353 e. The third-order valence-corrected chi connectivity index (χ3v) is 4.65. The van der Waals surface area contributed by atoms with Gasteiger partial charge in [-0.3, -0.25) is 14.9 Å². The third kappa shape index (κ3) is 4.41. The zero-order valence-electron chi connectivity index (χ0n) is 13.2. The molecule has 2 rings (SSSR count). The maximum absolute atomic E-state index is 12.4. The smallest absolute Gasteiger partial charge is 0.241 e. The topological polar surface area (TPSA) is 64.7 Å². The van der Waals surface area contributed by atoms with Crippen LogP contribution in [0.4, 0.5) is 0 Å². The third-order valence-electron chi connectivity index (χ3n) is 4.65. The van der Waals surface area contributed by atoms with E-state index < -0.39 is 0 Å². The zero-order valence-corrected chi connectivity index (χ0v) is 13.2. The molecule has 120 valence electrons. The molecule has 2 aliphatic rings. The molecule has 1 atom stereocenters. The lowest BCUT2D eigenvalue weighted by Gasteiger charge is -2.36. The fourth-order valence-electron chi connectivity index (χ4n) is 3.14. The second-order valence-corrected chi connectivity index (χ2v) is 5.99. The van der Waals surface area contributed by atoms with Gasteiger partial charge in [0.05, 0.1) is 6.54 Å². The molecule has 1 unspecified atom stereocenters.